The predicted octanol–water partition coefficient (Wildman–Crippen LogP) is 3.15. The topological polar surface area (TPSA) is 67.1 Å². The highest BCUT2D eigenvalue weighted by atomic mass is 32.1. The maximum Gasteiger partial charge on any atom is 0.191 e. The standard InChI is InChI=1S/C19H30N6S/c1-6-20-19(21-10-18-13(4)22-14(5)26-18)23-16-8-7-15-11-25(12(2)3)24-17(15)9-16/h11-12,16H,6-10H2,1-5H3,(H2,20,21,23). The molecule has 0 radical (unpaired) electrons. The molecule has 0 bridgehead atoms. The van der Waals surface area contributed by atoms with Gasteiger partial charge >= 0.3 is 0 Å². The molecule has 0 saturated heterocycles. The second kappa shape index (κ2) is 8.20. The van der Waals surface area contributed by atoms with Crippen molar-refractivity contribution < 1.29 is 0 Å². The molecule has 7 heteroatoms. The van der Waals surface area contributed by atoms with Gasteiger partial charge in [0, 0.05) is 36.1 Å². The summed E-state index contributed by atoms with van der Waals surface area (Å²) in [4.78, 5) is 10.5. The van der Waals surface area contributed by atoms with E-state index in [0.29, 0.717) is 18.6 Å². The molecule has 0 amide bonds. The lowest BCUT2D eigenvalue weighted by Gasteiger charge is -2.24. The van der Waals surface area contributed by atoms with Gasteiger partial charge in [-0.3, -0.25) is 4.68 Å². The minimum atomic E-state index is 0.375. The maximum absolute atomic E-state index is 4.78. The summed E-state index contributed by atoms with van der Waals surface area (Å²) in [5, 5.41) is 12.9. The molecule has 142 valence electrons. The van der Waals surface area contributed by atoms with Crippen molar-refractivity contribution in [2.24, 2.45) is 4.99 Å². The number of guanidine groups is 1. The molecule has 1 unspecified atom stereocenters. The van der Waals surface area contributed by atoms with E-state index in [1.807, 2.05) is 6.92 Å². The third-order valence-corrected chi connectivity index (χ3v) is 5.75. The first-order valence-corrected chi connectivity index (χ1v) is 10.3. The molecule has 0 saturated carbocycles. The van der Waals surface area contributed by atoms with Crippen LogP contribution in [-0.2, 0) is 19.4 Å². The number of aliphatic imine (C=N–C) groups is 1. The number of nitrogens with one attached hydrogen (secondary N) is 2. The van der Waals surface area contributed by atoms with Crippen LogP contribution in [-0.4, -0.2) is 33.3 Å². The number of aromatic nitrogens is 3. The van der Waals surface area contributed by atoms with E-state index in [9.17, 15) is 0 Å². The second-order valence-electron chi connectivity index (χ2n) is 7.20. The van der Waals surface area contributed by atoms with Crippen molar-refractivity contribution in [2.75, 3.05) is 6.54 Å². The minimum absolute atomic E-state index is 0.375. The zero-order chi connectivity index (χ0) is 18.7. The number of aryl methyl sites for hydroxylation is 3. The SMILES string of the molecule is CCNC(=NCc1sc(C)nc1C)NC1CCc2cn(C(C)C)nc2C1. The molecule has 1 aliphatic rings. The number of hydrogen-bond donors (Lipinski definition) is 2. The molecule has 1 aliphatic carbocycles. The van der Waals surface area contributed by atoms with Gasteiger partial charge in [-0.2, -0.15) is 5.10 Å². The van der Waals surface area contributed by atoms with Crippen LogP contribution in [0.15, 0.2) is 11.2 Å². The molecule has 1 atom stereocenters. The fourth-order valence-electron chi connectivity index (χ4n) is 3.28. The van der Waals surface area contributed by atoms with Crippen LogP contribution in [0, 0.1) is 13.8 Å². The van der Waals surface area contributed by atoms with Crippen molar-refractivity contribution >= 4 is 17.3 Å². The van der Waals surface area contributed by atoms with Gasteiger partial charge in [-0.1, -0.05) is 0 Å². The Morgan fingerprint density at radius 2 is 2.23 bits per heavy atom. The molecule has 3 rings (SSSR count). The Morgan fingerprint density at radius 3 is 2.88 bits per heavy atom. The molecule has 2 aromatic heterocycles. The quantitative estimate of drug-likeness (QED) is 0.623. The maximum atomic E-state index is 4.78. The number of hydrogen-bond acceptors (Lipinski definition) is 4. The van der Waals surface area contributed by atoms with Gasteiger partial charge < -0.3 is 10.6 Å². The Bertz CT molecular complexity index is 773. The molecule has 0 fully saturated rings. The molecule has 6 nitrogen and oxygen atoms in total. The number of thiazole rings is 1. The first kappa shape index (κ1) is 18.9. The van der Waals surface area contributed by atoms with E-state index in [1.165, 1.54) is 16.1 Å². The Morgan fingerprint density at radius 1 is 1.42 bits per heavy atom. The Balaban J connectivity index is 1.66. The van der Waals surface area contributed by atoms with Gasteiger partial charge in [-0.25, -0.2) is 9.98 Å². The predicted molar refractivity (Wildman–Crippen MR) is 108 cm³/mol. The molecule has 0 aromatic carbocycles. The fourth-order valence-corrected chi connectivity index (χ4v) is 4.15. The summed E-state index contributed by atoms with van der Waals surface area (Å²) >= 11 is 1.73. The number of nitrogens with zero attached hydrogens (tertiary/aromatic N) is 4. The van der Waals surface area contributed by atoms with Crippen LogP contribution in [0.1, 0.15) is 60.1 Å². The van der Waals surface area contributed by atoms with Gasteiger partial charge in [0.2, 0.25) is 0 Å². The van der Waals surface area contributed by atoms with E-state index in [4.69, 9.17) is 10.1 Å². The van der Waals surface area contributed by atoms with Crippen molar-refractivity contribution in [1.29, 1.82) is 0 Å². The summed E-state index contributed by atoms with van der Waals surface area (Å²) in [6, 6.07) is 0.789. The van der Waals surface area contributed by atoms with E-state index < -0.39 is 0 Å². The summed E-state index contributed by atoms with van der Waals surface area (Å²) in [5.74, 6) is 0.884. The van der Waals surface area contributed by atoms with Gasteiger partial charge in [0.05, 0.1) is 22.9 Å². The molecule has 26 heavy (non-hydrogen) atoms. The zero-order valence-corrected chi connectivity index (χ0v) is 17.3. The molecular formula is C19H30N6S. The Hall–Kier alpha value is -1.89. The summed E-state index contributed by atoms with van der Waals surface area (Å²) in [7, 11) is 0. The van der Waals surface area contributed by atoms with Gasteiger partial charge in [0.1, 0.15) is 0 Å². The van der Waals surface area contributed by atoms with Crippen molar-refractivity contribution in [3.05, 3.63) is 33.0 Å². The van der Waals surface area contributed by atoms with Crippen LogP contribution in [0.4, 0.5) is 0 Å². The molecule has 0 spiro atoms. The fraction of sp³-hybridized carbons (Fsp3) is 0.632. The Labute approximate surface area is 160 Å². The van der Waals surface area contributed by atoms with Crippen molar-refractivity contribution in [3.63, 3.8) is 0 Å². The van der Waals surface area contributed by atoms with E-state index in [-0.39, 0.29) is 0 Å². The average molecular weight is 375 g/mol. The van der Waals surface area contributed by atoms with Gasteiger partial charge in [0.25, 0.3) is 0 Å². The van der Waals surface area contributed by atoms with E-state index in [0.717, 1.165) is 42.5 Å². The van der Waals surface area contributed by atoms with Gasteiger partial charge in [0.15, 0.2) is 5.96 Å². The highest BCUT2D eigenvalue weighted by Gasteiger charge is 2.23. The van der Waals surface area contributed by atoms with Crippen LogP contribution in [0.25, 0.3) is 0 Å². The third-order valence-electron chi connectivity index (χ3n) is 4.69. The van der Waals surface area contributed by atoms with Crippen LogP contribution in [0.2, 0.25) is 0 Å². The summed E-state index contributed by atoms with van der Waals surface area (Å²) < 4.78 is 2.08. The lowest BCUT2D eigenvalue weighted by molar-refractivity contribution is 0.499. The first-order valence-electron chi connectivity index (χ1n) is 9.51. The summed E-state index contributed by atoms with van der Waals surface area (Å²) in [5.41, 5.74) is 3.72. The first-order chi connectivity index (χ1) is 12.5. The third kappa shape index (κ3) is 4.44. The van der Waals surface area contributed by atoms with Crippen LogP contribution in [0.3, 0.4) is 0 Å². The molecule has 2 heterocycles. The monoisotopic (exact) mass is 374 g/mol. The van der Waals surface area contributed by atoms with E-state index in [1.54, 1.807) is 11.3 Å². The van der Waals surface area contributed by atoms with Gasteiger partial charge in [-0.05, 0) is 53.0 Å². The zero-order valence-electron chi connectivity index (χ0n) is 16.5. The molecular weight excluding hydrogens is 344 g/mol. The van der Waals surface area contributed by atoms with E-state index >= 15 is 0 Å². The summed E-state index contributed by atoms with van der Waals surface area (Å²) in [6.07, 6.45) is 5.36. The molecule has 2 N–H and O–H groups in total. The molecule has 2 aromatic rings. The van der Waals surface area contributed by atoms with Crippen LogP contribution < -0.4 is 10.6 Å². The number of fused-ring (bicyclic) bond motifs is 1. The largest absolute Gasteiger partial charge is 0.357 e. The average Bonchev–Trinajstić information content (AvgIpc) is 3.15. The van der Waals surface area contributed by atoms with Crippen LogP contribution in [0.5, 0.6) is 0 Å². The number of rotatable bonds is 5. The van der Waals surface area contributed by atoms with Gasteiger partial charge in [-0.15, -0.1) is 11.3 Å². The Kier molecular flexibility index (Phi) is 5.96. The van der Waals surface area contributed by atoms with Crippen LogP contribution >= 0.6 is 11.3 Å². The lowest BCUT2D eigenvalue weighted by Crippen LogP contribution is -2.45. The molecule has 0 aliphatic heterocycles. The smallest absolute Gasteiger partial charge is 0.191 e. The lowest BCUT2D eigenvalue weighted by atomic mass is 9.94. The van der Waals surface area contributed by atoms with Crippen molar-refractivity contribution in [2.45, 2.75) is 72.5 Å². The van der Waals surface area contributed by atoms with E-state index in [2.05, 4.69) is 54.2 Å². The minimum Gasteiger partial charge on any atom is -0.357 e. The normalized spacial score (nSPS) is 17.5. The summed E-state index contributed by atoms with van der Waals surface area (Å²) in [6.45, 7) is 12.1. The van der Waals surface area contributed by atoms with Crippen molar-refractivity contribution in [3.8, 4) is 0 Å². The highest BCUT2D eigenvalue weighted by Crippen LogP contribution is 2.22. The second-order valence-corrected chi connectivity index (χ2v) is 8.48. The highest BCUT2D eigenvalue weighted by molar-refractivity contribution is 7.11. The van der Waals surface area contributed by atoms with Crippen molar-refractivity contribution in [1.82, 2.24) is 25.4 Å².